The second kappa shape index (κ2) is 8.59. The van der Waals surface area contributed by atoms with Gasteiger partial charge in [0.15, 0.2) is 5.96 Å². The van der Waals surface area contributed by atoms with Crippen molar-refractivity contribution in [2.24, 2.45) is 10.7 Å². The molecule has 0 radical (unpaired) electrons. The van der Waals surface area contributed by atoms with Gasteiger partial charge in [0.1, 0.15) is 0 Å². The SMILES string of the molecule is CCOCCCNC(N)=NCC(C)(C)c1ccccc1. The molecule has 0 aliphatic heterocycles. The van der Waals surface area contributed by atoms with E-state index >= 15 is 0 Å². The molecule has 0 fully saturated rings. The van der Waals surface area contributed by atoms with E-state index in [1.807, 2.05) is 13.0 Å². The van der Waals surface area contributed by atoms with Crippen LogP contribution in [-0.2, 0) is 10.2 Å². The Kier molecular flexibility index (Phi) is 7.09. The van der Waals surface area contributed by atoms with Gasteiger partial charge < -0.3 is 15.8 Å². The van der Waals surface area contributed by atoms with Crippen molar-refractivity contribution in [1.82, 2.24) is 5.32 Å². The van der Waals surface area contributed by atoms with E-state index in [1.165, 1.54) is 5.56 Å². The maximum Gasteiger partial charge on any atom is 0.188 e. The molecule has 1 aromatic carbocycles. The van der Waals surface area contributed by atoms with Gasteiger partial charge in [-0.25, -0.2) is 0 Å². The lowest BCUT2D eigenvalue weighted by atomic mass is 9.85. The third kappa shape index (κ3) is 6.06. The lowest BCUT2D eigenvalue weighted by Crippen LogP contribution is -2.34. The number of guanidine groups is 1. The van der Waals surface area contributed by atoms with Gasteiger partial charge in [-0.05, 0) is 18.9 Å². The van der Waals surface area contributed by atoms with E-state index in [0.29, 0.717) is 12.5 Å². The highest BCUT2D eigenvalue weighted by Crippen LogP contribution is 2.22. The van der Waals surface area contributed by atoms with Crippen LogP contribution in [0.2, 0.25) is 0 Å². The fourth-order valence-electron chi connectivity index (χ4n) is 1.85. The van der Waals surface area contributed by atoms with E-state index in [1.54, 1.807) is 0 Å². The molecule has 4 nitrogen and oxygen atoms in total. The molecule has 1 aromatic rings. The molecule has 0 bridgehead atoms. The Hall–Kier alpha value is -1.55. The summed E-state index contributed by atoms with van der Waals surface area (Å²) in [6.45, 7) is 9.32. The van der Waals surface area contributed by atoms with Crippen molar-refractivity contribution in [1.29, 1.82) is 0 Å². The van der Waals surface area contributed by atoms with Crippen LogP contribution in [0.5, 0.6) is 0 Å². The van der Waals surface area contributed by atoms with Crippen molar-refractivity contribution in [2.45, 2.75) is 32.6 Å². The third-order valence-corrected chi connectivity index (χ3v) is 3.18. The molecule has 0 spiro atoms. The maximum absolute atomic E-state index is 5.87. The van der Waals surface area contributed by atoms with Crippen LogP contribution < -0.4 is 11.1 Å². The van der Waals surface area contributed by atoms with Crippen LogP contribution in [0.1, 0.15) is 32.8 Å². The van der Waals surface area contributed by atoms with Gasteiger partial charge in [0, 0.05) is 25.2 Å². The molecule has 0 aliphatic rings. The summed E-state index contributed by atoms with van der Waals surface area (Å²) in [6, 6.07) is 10.4. The quantitative estimate of drug-likeness (QED) is 0.435. The Labute approximate surface area is 122 Å². The standard InChI is InChI=1S/C16H27N3O/c1-4-20-12-8-11-18-15(17)19-13-16(2,3)14-9-6-5-7-10-14/h5-7,9-10H,4,8,11-13H2,1-3H3,(H3,17,18,19). The van der Waals surface area contributed by atoms with E-state index in [4.69, 9.17) is 10.5 Å². The van der Waals surface area contributed by atoms with E-state index in [0.717, 1.165) is 26.2 Å². The second-order valence-electron chi connectivity index (χ2n) is 5.43. The van der Waals surface area contributed by atoms with Gasteiger partial charge in [-0.3, -0.25) is 4.99 Å². The van der Waals surface area contributed by atoms with Gasteiger partial charge in [-0.15, -0.1) is 0 Å². The molecule has 3 N–H and O–H groups in total. The normalized spacial score (nSPS) is 12.4. The van der Waals surface area contributed by atoms with Gasteiger partial charge in [0.2, 0.25) is 0 Å². The van der Waals surface area contributed by atoms with Gasteiger partial charge in [0.25, 0.3) is 0 Å². The first-order valence-electron chi connectivity index (χ1n) is 7.23. The Morgan fingerprint density at radius 3 is 2.65 bits per heavy atom. The number of ether oxygens (including phenoxy) is 1. The number of aliphatic imine (C=N–C) groups is 1. The fourth-order valence-corrected chi connectivity index (χ4v) is 1.85. The number of hydrogen-bond acceptors (Lipinski definition) is 2. The molecule has 0 aliphatic carbocycles. The first-order valence-corrected chi connectivity index (χ1v) is 7.23. The molecule has 0 aromatic heterocycles. The van der Waals surface area contributed by atoms with Gasteiger partial charge in [-0.2, -0.15) is 0 Å². The maximum atomic E-state index is 5.87. The highest BCUT2D eigenvalue weighted by molar-refractivity contribution is 5.77. The van der Waals surface area contributed by atoms with Crippen LogP contribution in [0.4, 0.5) is 0 Å². The van der Waals surface area contributed by atoms with E-state index < -0.39 is 0 Å². The average Bonchev–Trinajstić information content (AvgIpc) is 2.46. The molecule has 112 valence electrons. The smallest absolute Gasteiger partial charge is 0.188 e. The zero-order valence-electron chi connectivity index (χ0n) is 12.9. The highest BCUT2D eigenvalue weighted by atomic mass is 16.5. The van der Waals surface area contributed by atoms with E-state index in [2.05, 4.69) is 48.4 Å². The lowest BCUT2D eigenvalue weighted by Gasteiger charge is -2.23. The van der Waals surface area contributed by atoms with Crippen LogP contribution in [0.25, 0.3) is 0 Å². The molecular formula is C16H27N3O. The van der Waals surface area contributed by atoms with Crippen molar-refractivity contribution >= 4 is 5.96 Å². The Balaban J connectivity index is 2.38. The van der Waals surface area contributed by atoms with Crippen LogP contribution in [-0.4, -0.2) is 32.3 Å². The molecule has 4 heteroatoms. The zero-order chi connectivity index (χ0) is 14.8. The number of hydrogen-bond donors (Lipinski definition) is 2. The minimum atomic E-state index is -0.0150. The van der Waals surface area contributed by atoms with Gasteiger partial charge >= 0.3 is 0 Å². The Morgan fingerprint density at radius 2 is 2.00 bits per heavy atom. The largest absolute Gasteiger partial charge is 0.382 e. The first kappa shape index (κ1) is 16.5. The van der Waals surface area contributed by atoms with Crippen molar-refractivity contribution in [3.05, 3.63) is 35.9 Å². The minimum absolute atomic E-state index is 0.0150. The van der Waals surface area contributed by atoms with Gasteiger partial charge in [-0.1, -0.05) is 44.2 Å². The molecule has 20 heavy (non-hydrogen) atoms. The Bertz CT molecular complexity index is 401. The summed E-state index contributed by atoms with van der Waals surface area (Å²) in [6.07, 6.45) is 0.937. The summed E-state index contributed by atoms with van der Waals surface area (Å²) in [5.74, 6) is 0.505. The molecule has 0 saturated heterocycles. The predicted molar refractivity (Wildman–Crippen MR) is 85.1 cm³/mol. The summed E-state index contributed by atoms with van der Waals surface area (Å²) in [5, 5.41) is 3.11. The summed E-state index contributed by atoms with van der Waals surface area (Å²) in [5.41, 5.74) is 7.13. The van der Waals surface area contributed by atoms with Crippen LogP contribution in [0.15, 0.2) is 35.3 Å². The molecule has 0 saturated carbocycles. The molecular weight excluding hydrogens is 250 g/mol. The minimum Gasteiger partial charge on any atom is -0.382 e. The molecule has 0 unspecified atom stereocenters. The molecule has 0 heterocycles. The van der Waals surface area contributed by atoms with E-state index in [9.17, 15) is 0 Å². The summed E-state index contributed by atoms with van der Waals surface area (Å²) in [7, 11) is 0. The summed E-state index contributed by atoms with van der Waals surface area (Å²) in [4.78, 5) is 4.43. The monoisotopic (exact) mass is 277 g/mol. The Morgan fingerprint density at radius 1 is 1.30 bits per heavy atom. The zero-order valence-corrected chi connectivity index (χ0v) is 12.9. The topological polar surface area (TPSA) is 59.6 Å². The summed E-state index contributed by atoms with van der Waals surface area (Å²) >= 11 is 0. The second-order valence-corrected chi connectivity index (χ2v) is 5.43. The first-order chi connectivity index (χ1) is 9.56. The number of rotatable bonds is 8. The van der Waals surface area contributed by atoms with Crippen LogP contribution in [0, 0.1) is 0 Å². The van der Waals surface area contributed by atoms with Crippen molar-refractivity contribution in [3.8, 4) is 0 Å². The number of benzene rings is 1. The lowest BCUT2D eigenvalue weighted by molar-refractivity contribution is 0.145. The molecule has 1 rings (SSSR count). The fraction of sp³-hybridized carbons (Fsp3) is 0.562. The average molecular weight is 277 g/mol. The number of nitrogens with two attached hydrogens (primary N) is 1. The third-order valence-electron chi connectivity index (χ3n) is 3.18. The highest BCUT2D eigenvalue weighted by Gasteiger charge is 2.19. The van der Waals surface area contributed by atoms with Crippen molar-refractivity contribution in [2.75, 3.05) is 26.3 Å². The summed E-state index contributed by atoms with van der Waals surface area (Å²) < 4.78 is 5.27. The predicted octanol–water partition coefficient (Wildman–Crippen LogP) is 2.30. The molecule has 0 amide bonds. The van der Waals surface area contributed by atoms with Crippen LogP contribution in [0.3, 0.4) is 0 Å². The van der Waals surface area contributed by atoms with Gasteiger partial charge in [0.05, 0.1) is 6.54 Å². The molecule has 0 atom stereocenters. The van der Waals surface area contributed by atoms with Crippen molar-refractivity contribution in [3.63, 3.8) is 0 Å². The van der Waals surface area contributed by atoms with Crippen molar-refractivity contribution < 1.29 is 4.74 Å². The van der Waals surface area contributed by atoms with Crippen LogP contribution >= 0.6 is 0 Å². The number of nitrogens with one attached hydrogen (secondary N) is 1. The number of nitrogens with zero attached hydrogens (tertiary/aromatic N) is 1. The van der Waals surface area contributed by atoms with E-state index in [-0.39, 0.29) is 5.41 Å².